The van der Waals surface area contributed by atoms with Crippen molar-refractivity contribution in [3.63, 3.8) is 0 Å². The molecule has 0 nitrogen and oxygen atoms in total. The van der Waals surface area contributed by atoms with Crippen LogP contribution in [-0.2, 0) is 0 Å². The van der Waals surface area contributed by atoms with Gasteiger partial charge in [0.05, 0.1) is 0 Å². The number of hydrogen-bond donors (Lipinski definition) is 0. The van der Waals surface area contributed by atoms with Crippen molar-refractivity contribution in [1.82, 2.24) is 0 Å². The Bertz CT molecular complexity index is 83.7. The van der Waals surface area contributed by atoms with Crippen LogP contribution in [0.3, 0.4) is 0 Å². The van der Waals surface area contributed by atoms with Crippen LogP contribution in [0.15, 0.2) is 8.61 Å². The molecule has 0 amide bonds. The third-order valence-corrected chi connectivity index (χ3v) is 4.82. The molecule has 0 spiro atoms. The molecule has 0 aromatic heterocycles. The summed E-state index contributed by atoms with van der Waals surface area (Å²) in [6.45, 7) is 2.10. The summed E-state index contributed by atoms with van der Waals surface area (Å²) < 4.78 is 2.52. The second-order valence-corrected chi connectivity index (χ2v) is 4.93. The van der Waals surface area contributed by atoms with Crippen LogP contribution in [-0.4, -0.2) is 4.43 Å². The molecule has 1 heterocycles. The summed E-state index contributed by atoms with van der Waals surface area (Å²) in [5.41, 5.74) is 1.42. The number of hydrogen-bond acceptors (Lipinski definition) is 0. The van der Waals surface area contributed by atoms with Crippen molar-refractivity contribution in [2.75, 3.05) is 4.43 Å². The summed E-state index contributed by atoms with van der Waals surface area (Å²) >= 11 is 5.96. The van der Waals surface area contributed by atoms with E-state index in [9.17, 15) is 0 Å². The summed E-state index contributed by atoms with van der Waals surface area (Å²) in [7, 11) is 0. The second kappa shape index (κ2) is 1.70. The molecule has 0 aromatic rings. The van der Waals surface area contributed by atoms with Gasteiger partial charge in [0.1, 0.15) is 0 Å². The number of halogens is 2. The first kappa shape index (κ1) is 4.91. The minimum absolute atomic E-state index is 0.333. The fourth-order valence-corrected chi connectivity index (χ4v) is 2.36. The molecule has 0 atom stereocenters. The molecular formula is C4H5ClI-. The van der Waals surface area contributed by atoms with Gasteiger partial charge in [-0.3, -0.25) is 0 Å². The fourth-order valence-electron chi connectivity index (χ4n) is 0.251. The van der Waals surface area contributed by atoms with Gasteiger partial charge in [-0.1, -0.05) is 0 Å². The van der Waals surface area contributed by atoms with Gasteiger partial charge in [0.25, 0.3) is 0 Å². The summed E-state index contributed by atoms with van der Waals surface area (Å²) in [5, 5.41) is 0. The third kappa shape index (κ3) is 0.706. The molecule has 0 bridgehead atoms. The maximum atomic E-state index is 5.63. The molecule has 0 radical (unpaired) electrons. The first-order valence-corrected chi connectivity index (χ1v) is 4.73. The van der Waals surface area contributed by atoms with Crippen molar-refractivity contribution >= 4 is 11.6 Å². The summed E-state index contributed by atoms with van der Waals surface area (Å²) in [5.74, 6) is 0. The summed E-state index contributed by atoms with van der Waals surface area (Å²) in [6, 6.07) is 0. The molecule has 0 saturated carbocycles. The van der Waals surface area contributed by atoms with Crippen LogP contribution in [0, 0.1) is 0 Å². The van der Waals surface area contributed by atoms with E-state index in [-0.39, 0.29) is 0 Å². The summed E-state index contributed by atoms with van der Waals surface area (Å²) in [4.78, 5) is 0. The van der Waals surface area contributed by atoms with E-state index < -0.39 is 0 Å². The van der Waals surface area contributed by atoms with Crippen molar-refractivity contribution in [1.29, 1.82) is 0 Å². The average molecular weight is 215 g/mol. The van der Waals surface area contributed by atoms with Crippen molar-refractivity contribution in [2.45, 2.75) is 6.92 Å². The predicted octanol–water partition coefficient (Wildman–Crippen LogP) is -1.44. The topological polar surface area (TPSA) is 0 Å². The zero-order valence-electron chi connectivity index (χ0n) is 3.46. The number of rotatable bonds is 0. The maximum absolute atomic E-state index is 5.63. The van der Waals surface area contributed by atoms with Crippen LogP contribution in [0.2, 0.25) is 0 Å². The van der Waals surface area contributed by atoms with E-state index >= 15 is 0 Å². The molecule has 0 N–H and O–H groups in total. The Kier molecular flexibility index (Phi) is 1.39. The molecule has 0 saturated heterocycles. The van der Waals surface area contributed by atoms with E-state index in [1.807, 2.05) is 0 Å². The Morgan fingerprint density at radius 1 is 1.83 bits per heavy atom. The van der Waals surface area contributed by atoms with Crippen LogP contribution in [0.4, 0.5) is 0 Å². The van der Waals surface area contributed by atoms with Gasteiger partial charge in [-0.15, -0.1) is 0 Å². The second-order valence-electron chi connectivity index (χ2n) is 1.31. The Labute approximate surface area is 52.8 Å². The van der Waals surface area contributed by atoms with E-state index in [1.54, 1.807) is 0 Å². The van der Waals surface area contributed by atoms with Crippen LogP contribution in [0.1, 0.15) is 6.92 Å². The van der Waals surface area contributed by atoms with E-state index in [2.05, 4.69) is 6.92 Å². The Morgan fingerprint density at radius 3 is 2.33 bits per heavy atom. The standard InChI is InChI=1S/C4H5ClI/c1-3-2-6-4(3)5/h2H2,1H3/q-1. The van der Waals surface area contributed by atoms with Gasteiger partial charge in [0, 0.05) is 0 Å². The zero-order valence-corrected chi connectivity index (χ0v) is 6.38. The van der Waals surface area contributed by atoms with E-state index in [1.165, 1.54) is 13.0 Å². The minimum atomic E-state index is 0.333. The van der Waals surface area contributed by atoms with Gasteiger partial charge in [-0.2, -0.15) is 0 Å². The summed E-state index contributed by atoms with van der Waals surface area (Å²) in [6.07, 6.45) is 0. The first-order valence-electron chi connectivity index (χ1n) is 1.75. The van der Waals surface area contributed by atoms with Crippen molar-refractivity contribution < 1.29 is 21.2 Å². The quantitative estimate of drug-likeness (QED) is 0.343. The molecule has 0 fully saturated rings. The molecule has 1 aliphatic rings. The third-order valence-electron chi connectivity index (χ3n) is 0.707. The van der Waals surface area contributed by atoms with Gasteiger partial charge >= 0.3 is 52.8 Å². The van der Waals surface area contributed by atoms with E-state index in [0.717, 1.165) is 0 Å². The molecular weight excluding hydrogens is 210 g/mol. The van der Waals surface area contributed by atoms with Crippen LogP contribution < -0.4 is 21.2 Å². The monoisotopic (exact) mass is 215 g/mol. The van der Waals surface area contributed by atoms with Crippen LogP contribution in [0.5, 0.6) is 0 Å². The normalized spacial score (nSPS) is 22.3. The van der Waals surface area contributed by atoms with Gasteiger partial charge in [0.15, 0.2) is 0 Å². The van der Waals surface area contributed by atoms with Gasteiger partial charge in [0.2, 0.25) is 0 Å². The first-order chi connectivity index (χ1) is 2.80. The molecule has 0 aliphatic carbocycles. The van der Waals surface area contributed by atoms with Crippen LogP contribution in [0.25, 0.3) is 0 Å². The van der Waals surface area contributed by atoms with Crippen LogP contribution >= 0.6 is 11.6 Å². The molecule has 0 unspecified atom stereocenters. The van der Waals surface area contributed by atoms with Gasteiger partial charge in [-0.05, 0) is 0 Å². The van der Waals surface area contributed by atoms with Crippen molar-refractivity contribution in [2.24, 2.45) is 0 Å². The Morgan fingerprint density at radius 2 is 2.33 bits per heavy atom. The van der Waals surface area contributed by atoms with Gasteiger partial charge < -0.3 is 0 Å². The van der Waals surface area contributed by atoms with E-state index in [4.69, 9.17) is 11.6 Å². The Balaban J connectivity index is 2.66. The molecule has 6 heavy (non-hydrogen) atoms. The molecule has 0 aromatic carbocycles. The predicted molar refractivity (Wildman–Crippen MR) is 23.4 cm³/mol. The van der Waals surface area contributed by atoms with E-state index in [0.29, 0.717) is 21.2 Å². The SMILES string of the molecule is CC1=C(Cl)[I-]C1. The zero-order chi connectivity index (χ0) is 4.57. The molecule has 36 valence electrons. The van der Waals surface area contributed by atoms with Crippen molar-refractivity contribution in [3.8, 4) is 0 Å². The number of alkyl halides is 1. The Hall–Kier alpha value is 0.760. The fraction of sp³-hybridized carbons (Fsp3) is 0.500. The molecule has 1 aliphatic heterocycles. The van der Waals surface area contributed by atoms with Crippen molar-refractivity contribution in [3.05, 3.63) is 8.61 Å². The van der Waals surface area contributed by atoms with Gasteiger partial charge in [-0.25, -0.2) is 0 Å². The number of allylic oxidation sites excluding steroid dienone is 1. The average Bonchev–Trinajstić information content (AvgIpc) is 1.61. The molecule has 1 rings (SSSR count). The molecule has 2 heteroatoms.